The molecule has 1 aromatic rings. The number of nitrogens with zero attached hydrogens (tertiary/aromatic N) is 2. The van der Waals surface area contributed by atoms with Gasteiger partial charge in [-0.3, -0.25) is 4.79 Å². The van der Waals surface area contributed by atoms with Gasteiger partial charge in [0.25, 0.3) is 0 Å². The zero-order chi connectivity index (χ0) is 21.1. The van der Waals surface area contributed by atoms with Crippen molar-refractivity contribution in [3.05, 3.63) is 29.8 Å². The van der Waals surface area contributed by atoms with Crippen molar-refractivity contribution in [1.29, 1.82) is 0 Å². The van der Waals surface area contributed by atoms with Crippen LogP contribution in [0.3, 0.4) is 0 Å². The van der Waals surface area contributed by atoms with Gasteiger partial charge >= 0.3 is 0 Å². The number of amides is 1. The fraction of sp³-hybridized carbons (Fsp3) is 0.720. The number of carbonyl (C=O) groups is 1. The van der Waals surface area contributed by atoms with Crippen LogP contribution in [0.4, 0.5) is 0 Å². The number of hydrogen-bond donors (Lipinski definition) is 0. The minimum Gasteiger partial charge on any atom is -0.494 e. The molecule has 29 heavy (non-hydrogen) atoms. The summed E-state index contributed by atoms with van der Waals surface area (Å²) in [4.78, 5) is 18.0. The molecule has 2 rings (SSSR count). The van der Waals surface area contributed by atoms with Gasteiger partial charge in [-0.05, 0) is 76.9 Å². The molecule has 1 fully saturated rings. The van der Waals surface area contributed by atoms with Gasteiger partial charge < -0.3 is 14.5 Å². The topological polar surface area (TPSA) is 32.8 Å². The maximum atomic E-state index is 13.4. The lowest BCUT2D eigenvalue weighted by molar-refractivity contribution is -0.139. The van der Waals surface area contributed by atoms with Gasteiger partial charge in [0.15, 0.2) is 0 Å². The van der Waals surface area contributed by atoms with Gasteiger partial charge in [-0.25, -0.2) is 0 Å². The van der Waals surface area contributed by atoms with Crippen molar-refractivity contribution in [2.24, 2.45) is 5.92 Å². The van der Waals surface area contributed by atoms with Gasteiger partial charge in [0.05, 0.1) is 6.61 Å². The standard InChI is InChI=1S/C25H42N2O2/c1-5-26(6-2)19-11-12-21(4)27(25(28)23-13-9-8-10-14-23)20-22-15-17-24(18-16-22)29-7-3/h15-18,21,23H,5-14,19-20H2,1-4H3. The average Bonchev–Trinajstić information content (AvgIpc) is 2.76. The first kappa shape index (κ1) is 23.7. The number of carbonyl (C=O) groups excluding carboxylic acids is 1. The highest BCUT2D eigenvalue weighted by atomic mass is 16.5. The molecule has 164 valence electrons. The minimum atomic E-state index is 0.219. The number of rotatable bonds is 12. The molecule has 1 aromatic carbocycles. The molecular formula is C25H42N2O2. The summed E-state index contributed by atoms with van der Waals surface area (Å²) in [5, 5.41) is 0. The smallest absolute Gasteiger partial charge is 0.226 e. The van der Waals surface area contributed by atoms with Crippen molar-refractivity contribution in [3.8, 4) is 5.75 Å². The Bertz CT molecular complexity index is 577. The lowest BCUT2D eigenvalue weighted by Gasteiger charge is -2.34. The van der Waals surface area contributed by atoms with Crippen molar-refractivity contribution in [1.82, 2.24) is 9.80 Å². The molecule has 0 bridgehead atoms. The molecule has 1 saturated carbocycles. The lowest BCUT2D eigenvalue weighted by atomic mass is 9.87. The van der Waals surface area contributed by atoms with Crippen LogP contribution in [0.15, 0.2) is 24.3 Å². The van der Waals surface area contributed by atoms with E-state index >= 15 is 0 Å². The van der Waals surface area contributed by atoms with Gasteiger partial charge in [-0.1, -0.05) is 45.2 Å². The molecule has 0 aromatic heterocycles. The van der Waals surface area contributed by atoms with Crippen molar-refractivity contribution < 1.29 is 9.53 Å². The average molecular weight is 403 g/mol. The van der Waals surface area contributed by atoms with E-state index in [1.54, 1.807) is 0 Å². The molecule has 0 saturated heterocycles. The fourth-order valence-corrected chi connectivity index (χ4v) is 4.40. The summed E-state index contributed by atoms with van der Waals surface area (Å²) < 4.78 is 5.57. The van der Waals surface area contributed by atoms with Crippen molar-refractivity contribution in [3.63, 3.8) is 0 Å². The van der Waals surface area contributed by atoms with E-state index in [1.165, 1.54) is 24.8 Å². The van der Waals surface area contributed by atoms with Crippen LogP contribution in [-0.2, 0) is 11.3 Å². The molecule has 0 spiro atoms. The molecule has 0 radical (unpaired) electrons. The highest BCUT2D eigenvalue weighted by Gasteiger charge is 2.28. The van der Waals surface area contributed by atoms with Crippen molar-refractivity contribution >= 4 is 5.91 Å². The van der Waals surface area contributed by atoms with E-state index in [0.717, 1.165) is 51.1 Å². The predicted octanol–water partition coefficient (Wildman–Crippen LogP) is 5.50. The maximum absolute atomic E-state index is 13.4. The Labute approximate surface area is 178 Å². The van der Waals surface area contributed by atoms with Crippen LogP contribution >= 0.6 is 0 Å². The van der Waals surface area contributed by atoms with Crippen LogP contribution in [0.25, 0.3) is 0 Å². The molecule has 1 aliphatic rings. The maximum Gasteiger partial charge on any atom is 0.226 e. The van der Waals surface area contributed by atoms with E-state index in [1.807, 2.05) is 19.1 Å². The molecule has 4 nitrogen and oxygen atoms in total. The number of ether oxygens (including phenoxy) is 1. The van der Waals surface area contributed by atoms with Crippen LogP contribution < -0.4 is 4.74 Å². The van der Waals surface area contributed by atoms with Crippen LogP contribution in [0.5, 0.6) is 5.75 Å². The summed E-state index contributed by atoms with van der Waals surface area (Å²) in [6.07, 6.45) is 8.00. The SMILES string of the molecule is CCOc1ccc(CN(C(=O)C2CCCCC2)C(C)CCCN(CC)CC)cc1. The third kappa shape index (κ3) is 7.65. The first-order valence-corrected chi connectivity index (χ1v) is 11.8. The van der Waals surface area contributed by atoms with E-state index in [4.69, 9.17) is 4.74 Å². The highest BCUT2D eigenvalue weighted by molar-refractivity contribution is 5.79. The first-order chi connectivity index (χ1) is 14.1. The zero-order valence-corrected chi connectivity index (χ0v) is 19.2. The Morgan fingerprint density at radius 2 is 1.72 bits per heavy atom. The summed E-state index contributed by atoms with van der Waals surface area (Å²) in [6, 6.07) is 8.52. The van der Waals surface area contributed by atoms with E-state index in [-0.39, 0.29) is 12.0 Å². The van der Waals surface area contributed by atoms with Crippen molar-refractivity contribution in [2.45, 2.75) is 85.2 Å². The first-order valence-electron chi connectivity index (χ1n) is 11.8. The van der Waals surface area contributed by atoms with Gasteiger partial charge in [-0.2, -0.15) is 0 Å². The summed E-state index contributed by atoms with van der Waals surface area (Å²) in [7, 11) is 0. The van der Waals surface area contributed by atoms with Gasteiger partial charge in [0.2, 0.25) is 5.91 Å². The second-order valence-corrected chi connectivity index (χ2v) is 8.40. The van der Waals surface area contributed by atoms with E-state index < -0.39 is 0 Å². The zero-order valence-electron chi connectivity index (χ0n) is 19.2. The van der Waals surface area contributed by atoms with Crippen molar-refractivity contribution in [2.75, 3.05) is 26.2 Å². The van der Waals surface area contributed by atoms with Gasteiger partial charge in [-0.15, -0.1) is 0 Å². The Balaban J connectivity index is 2.04. The third-order valence-corrected chi connectivity index (χ3v) is 6.35. The Morgan fingerprint density at radius 1 is 1.07 bits per heavy atom. The minimum absolute atomic E-state index is 0.219. The highest BCUT2D eigenvalue weighted by Crippen LogP contribution is 2.28. The molecular weight excluding hydrogens is 360 g/mol. The number of hydrogen-bond acceptors (Lipinski definition) is 3. The Kier molecular flexibility index (Phi) is 10.5. The molecule has 4 heteroatoms. The van der Waals surface area contributed by atoms with Gasteiger partial charge in [0.1, 0.15) is 5.75 Å². The molecule has 1 unspecified atom stereocenters. The largest absolute Gasteiger partial charge is 0.494 e. The summed E-state index contributed by atoms with van der Waals surface area (Å²) >= 11 is 0. The van der Waals surface area contributed by atoms with Crippen LogP contribution in [-0.4, -0.2) is 48.0 Å². The predicted molar refractivity (Wildman–Crippen MR) is 121 cm³/mol. The Hall–Kier alpha value is -1.55. The second-order valence-electron chi connectivity index (χ2n) is 8.40. The number of benzene rings is 1. The molecule has 0 aliphatic heterocycles. The summed E-state index contributed by atoms with van der Waals surface area (Å²) in [6.45, 7) is 13.4. The van der Waals surface area contributed by atoms with E-state index in [2.05, 4.69) is 42.7 Å². The molecule has 1 aliphatic carbocycles. The monoisotopic (exact) mass is 402 g/mol. The van der Waals surface area contributed by atoms with Crippen LogP contribution in [0.2, 0.25) is 0 Å². The summed E-state index contributed by atoms with van der Waals surface area (Å²) in [5.74, 6) is 1.49. The Morgan fingerprint density at radius 3 is 2.31 bits per heavy atom. The summed E-state index contributed by atoms with van der Waals surface area (Å²) in [5.41, 5.74) is 1.19. The molecule has 1 atom stereocenters. The van der Waals surface area contributed by atoms with E-state index in [0.29, 0.717) is 19.1 Å². The quantitative estimate of drug-likeness (QED) is 0.462. The molecule has 0 heterocycles. The fourth-order valence-electron chi connectivity index (χ4n) is 4.40. The molecule has 1 amide bonds. The van der Waals surface area contributed by atoms with Gasteiger partial charge in [0, 0.05) is 18.5 Å². The van der Waals surface area contributed by atoms with Crippen LogP contribution in [0, 0.1) is 5.92 Å². The second kappa shape index (κ2) is 12.9. The molecule has 0 N–H and O–H groups in total. The van der Waals surface area contributed by atoms with E-state index in [9.17, 15) is 4.79 Å². The van der Waals surface area contributed by atoms with Crippen LogP contribution in [0.1, 0.15) is 78.2 Å². The lowest BCUT2D eigenvalue weighted by Crippen LogP contribution is -2.42. The third-order valence-electron chi connectivity index (χ3n) is 6.35. The normalized spacial score (nSPS) is 16.0.